The summed E-state index contributed by atoms with van der Waals surface area (Å²) in [5.74, 6) is -1.08. The molecule has 0 unspecified atom stereocenters. The molecule has 0 saturated carbocycles. The summed E-state index contributed by atoms with van der Waals surface area (Å²) < 4.78 is 16.0. The Bertz CT molecular complexity index is 1410. The van der Waals surface area contributed by atoms with Gasteiger partial charge in [0, 0.05) is 17.7 Å². The standard InChI is InChI=1S/C25H17ClN2O7/c1-14-4-3-5-17(10-14)24(29)34-22-19(26)11-15(13-21(22)33-2)12-20-25(30)35-23(27-20)16-6-8-18(9-7-16)28(31)32/h3-13H,1-2H3/b20-12-. The minimum Gasteiger partial charge on any atom is -0.493 e. The molecular formula is C25H17ClN2O7. The Balaban J connectivity index is 1.61. The molecule has 1 heterocycles. The van der Waals surface area contributed by atoms with E-state index in [4.69, 9.17) is 25.8 Å². The van der Waals surface area contributed by atoms with Gasteiger partial charge in [-0.2, -0.15) is 0 Å². The maximum Gasteiger partial charge on any atom is 0.363 e. The molecule has 3 aromatic carbocycles. The molecule has 1 aliphatic rings. The molecule has 0 amide bonds. The maximum atomic E-state index is 12.6. The molecule has 1 aliphatic heterocycles. The first kappa shape index (κ1) is 23.7. The van der Waals surface area contributed by atoms with Gasteiger partial charge in [-0.15, -0.1) is 0 Å². The Morgan fingerprint density at radius 1 is 1.14 bits per heavy atom. The number of hydrogen-bond donors (Lipinski definition) is 0. The van der Waals surface area contributed by atoms with E-state index in [9.17, 15) is 19.7 Å². The van der Waals surface area contributed by atoms with Crippen molar-refractivity contribution in [3.05, 3.63) is 104 Å². The third kappa shape index (κ3) is 5.20. The summed E-state index contributed by atoms with van der Waals surface area (Å²) in [5, 5.41) is 10.9. The summed E-state index contributed by atoms with van der Waals surface area (Å²) in [6, 6.07) is 15.4. The van der Waals surface area contributed by atoms with Crippen molar-refractivity contribution in [1.82, 2.24) is 0 Å². The summed E-state index contributed by atoms with van der Waals surface area (Å²) in [6.07, 6.45) is 1.43. The Morgan fingerprint density at radius 3 is 2.54 bits per heavy atom. The highest BCUT2D eigenvalue weighted by atomic mass is 35.5. The third-order valence-electron chi connectivity index (χ3n) is 4.95. The van der Waals surface area contributed by atoms with Gasteiger partial charge in [0.2, 0.25) is 5.90 Å². The van der Waals surface area contributed by atoms with Gasteiger partial charge in [0.05, 0.1) is 22.6 Å². The van der Waals surface area contributed by atoms with Crippen LogP contribution in [-0.4, -0.2) is 29.9 Å². The van der Waals surface area contributed by atoms with Crippen molar-refractivity contribution in [3.63, 3.8) is 0 Å². The van der Waals surface area contributed by atoms with Crippen molar-refractivity contribution in [3.8, 4) is 11.5 Å². The Labute approximate surface area is 204 Å². The fourth-order valence-electron chi connectivity index (χ4n) is 3.26. The second kappa shape index (κ2) is 9.78. The third-order valence-corrected chi connectivity index (χ3v) is 5.23. The van der Waals surface area contributed by atoms with Gasteiger partial charge in [-0.05, 0) is 55.0 Å². The molecule has 0 aromatic heterocycles. The van der Waals surface area contributed by atoms with Crippen LogP contribution in [0.2, 0.25) is 5.02 Å². The van der Waals surface area contributed by atoms with Crippen LogP contribution in [-0.2, 0) is 9.53 Å². The van der Waals surface area contributed by atoms with Gasteiger partial charge in [-0.25, -0.2) is 14.6 Å². The lowest BCUT2D eigenvalue weighted by Gasteiger charge is -2.12. The molecule has 0 fully saturated rings. The second-order valence-corrected chi connectivity index (χ2v) is 7.84. The maximum absolute atomic E-state index is 12.6. The number of methoxy groups -OCH3 is 1. The number of aryl methyl sites for hydroxylation is 1. The van der Waals surface area contributed by atoms with E-state index in [1.54, 1.807) is 18.2 Å². The van der Waals surface area contributed by atoms with Crippen LogP contribution in [0.4, 0.5) is 5.69 Å². The number of rotatable bonds is 6. The van der Waals surface area contributed by atoms with Crippen LogP contribution in [0.25, 0.3) is 6.08 Å². The fourth-order valence-corrected chi connectivity index (χ4v) is 3.52. The highest BCUT2D eigenvalue weighted by Crippen LogP contribution is 2.38. The molecule has 35 heavy (non-hydrogen) atoms. The molecule has 4 rings (SSSR count). The Kier molecular flexibility index (Phi) is 6.61. The molecule has 0 N–H and O–H groups in total. The van der Waals surface area contributed by atoms with Gasteiger partial charge < -0.3 is 14.2 Å². The van der Waals surface area contributed by atoms with Gasteiger partial charge >= 0.3 is 11.9 Å². The zero-order chi connectivity index (χ0) is 25.1. The lowest BCUT2D eigenvalue weighted by molar-refractivity contribution is -0.384. The lowest BCUT2D eigenvalue weighted by atomic mass is 10.1. The SMILES string of the molecule is COc1cc(/C=C2\N=C(c3ccc([N+](=O)[O-])cc3)OC2=O)cc(Cl)c1OC(=O)c1cccc(C)c1. The minimum absolute atomic E-state index is 0.0120. The van der Waals surface area contributed by atoms with Crippen molar-refractivity contribution in [1.29, 1.82) is 0 Å². The van der Waals surface area contributed by atoms with Crippen molar-refractivity contribution >= 4 is 41.2 Å². The Morgan fingerprint density at radius 2 is 1.89 bits per heavy atom. The highest BCUT2D eigenvalue weighted by Gasteiger charge is 2.25. The molecule has 0 spiro atoms. The molecule has 0 aliphatic carbocycles. The molecule has 0 bridgehead atoms. The van der Waals surface area contributed by atoms with Gasteiger partial charge in [-0.1, -0.05) is 29.3 Å². The summed E-state index contributed by atoms with van der Waals surface area (Å²) in [7, 11) is 1.39. The van der Waals surface area contributed by atoms with Crippen LogP contribution >= 0.6 is 11.6 Å². The molecule has 0 saturated heterocycles. The van der Waals surface area contributed by atoms with Crippen LogP contribution < -0.4 is 9.47 Å². The van der Waals surface area contributed by atoms with E-state index >= 15 is 0 Å². The van der Waals surface area contributed by atoms with Crippen molar-refractivity contribution in [2.24, 2.45) is 4.99 Å². The number of nitro groups is 1. The summed E-state index contributed by atoms with van der Waals surface area (Å²) in [6.45, 7) is 1.86. The highest BCUT2D eigenvalue weighted by molar-refractivity contribution is 6.32. The van der Waals surface area contributed by atoms with E-state index in [2.05, 4.69) is 4.99 Å². The zero-order valence-corrected chi connectivity index (χ0v) is 19.2. The number of halogens is 1. The van der Waals surface area contributed by atoms with Crippen LogP contribution in [0.3, 0.4) is 0 Å². The summed E-state index contributed by atoms with van der Waals surface area (Å²) in [5.41, 5.74) is 2.00. The number of cyclic esters (lactones) is 1. The smallest absolute Gasteiger partial charge is 0.363 e. The molecule has 3 aromatic rings. The number of ether oxygens (including phenoxy) is 3. The number of nitro benzene ring substituents is 1. The molecule has 176 valence electrons. The molecule has 0 atom stereocenters. The van der Waals surface area contributed by atoms with Gasteiger partial charge in [0.1, 0.15) is 0 Å². The van der Waals surface area contributed by atoms with Crippen LogP contribution in [0, 0.1) is 17.0 Å². The molecular weight excluding hydrogens is 476 g/mol. The van der Waals surface area contributed by atoms with Crippen molar-refractivity contribution < 1.29 is 28.7 Å². The lowest BCUT2D eigenvalue weighted by Crippen LogP contribution is -2.10. The van der Waals surface area contributed by atoms with E-state index in [0.717, 1.165) is 5.56 Å². The average molecular weight is 493 g/mol. The number of carbonyl (C=O) groups excluding carboxylic acids is 2. The summed E-state index contributed by atoms with van der Waals surface area (Å²) >= 11 is 6.37. The topological polar surface area (TPSA) is 117 Å². The number of hydrogen-bond acceptors (Lipinski definition) is 8. The quantitative estimate of drug-likeness (QED) is 0.154. The van der Waals surface area contributed by atoms with Crippen molar-refractivity contribution in [2.45, 2.75) is 6.92 Å². The Hall–Kier alpha value is -4.50. The van der Waals surface area contributed by atoms with Crippen molar-refractivity contribution in [2.75, 3.05) is 7.11 Å². The number of non-ortho nitro benzene ring substituents is 1. The van der Waals surface area contributed by atoms with E-state index in [1.165, 1.54) is 49.6 Å². The first-order valence-corrected chi connectivity index (χ1v) is 10.6. The van der Waals surface area contributed by atoms with Gasteiger partial charge in [0.25, 0.3) is 5.69 Å². The van der Waals surface area contributed by atoms with E-state index < -0.39 is 16.9 Å². The monoisotopic (exact) mass is 492 g/mol. The first-order valence-electron chi connectivity index (χ1n) is 10.2. The van der Waals surface area contributed by atoms with E-state index in [0.29, 0.717) is 16.7 Å². The first-order chi connectivity index (χ1) is 16.7. The van der Waals surface area contributed by atoms with Crippen LogP contribution in [0.5, 0.6) is 11.5 Å². The predicted octanol–water partition coefficient (Wildman–Crippen LogP) is 5.13. The minimum atomic E-state index is -0.705. The normalized spacial score (nSPS) is 13.9. The molecule has 10 heteroatoms. The van der Waals surface area contributed by atoms with Gasteiger partial charge in [0.15, 0.2) is 17.2 Å². The predicted molar refractivity (Wildman–Crippen MR) is 128 cm³/mol. The second-order valence-electron chi connectivity index (χ2n) is 7.43. The van der Waals surface area contributed by atoms with Gasteiger partial charge in [-0.3, -0.25) is 10.1 Å². The zero-order valence-electron chi connectivity index (χ0n) is 18.5. The summed E-state index contributed by atoms with van der Waals surface area (Å²) in [4.78, 5) is 39.4. The fraction of sp³-hybridized carbons (Fsp3) is 0.0800. The number of carbonyl (C=O) groups is 2. The number of benzene rings is 3. The van der Waals surface area contributed by atoms with E-state index in [-0.39, 0.29) is 33.8 Å². The molecule has 0 radical (unpaired) electrons. The molecule has 9 nitrogen and oxygen atoms in total. The number of esters is 2. The average Bonchev–Trinajstić information content (AvgIpc) is 3.20. The largest absolute Gasteiger partial charge is 0.493 e. The number of nitrogens with zero attached hydrogens (tertiary/aromatic N) is 2. The van der Waals surface area contributed by atoms with E-state index in [1.807, 2.05) is 13.0 Å². The van der Waals surface area contributed by atoms with Crippen LogP contribution in [0.1, 0.15) is 27.0 Å². The van der Waals surface area contributed by atoms with Crippen LogP contribution in [0.15, 0.2) is 71.4 Å². The number of aliphatic imine (C=N–C) groups is 1.